The molecule has 0 aromatic heterocycles. The Bertz CT molecular complexity index is 936. The second kappa shape index (κ2) is 11.6. The van der Waals surface area contributed by atoms with E-state index in [9.17, 15) is 9.59 Å². The molecule has 2 amide bonds. The molecule has 8 heteroatoms. The van der Waals surface area contributed by atoms with Gasteiger partial charge in [-0.2, -0.15) is 0 Å². The lowest BCUT2D eigenvalue weighted by Gasteiger charge is -2.37. The predicted octanol–water partition coefficient (Wildman–Crippen LogP) is 2.66. The molecule has 0 spiro atoms. The number of carbonyl (C=O) groups excluding carboxylic acids is 2. The van der Waals surface area contributed by atoms with Crippen molar-refractivity contribution in [2.45, 2.75) is 6.10 Å². The minimum Gasteiger partial charge on any atom is -0.379 e. The van der Waals surface area contributed by atoms with E-state index < -0.39 is 0 Å². The third-order valence-corrected chi connectivity index (χ3v) is 6.38. The first-order valence-electron chi connectivity index (χ1n) is 11.4. The van der Waals surface area contributed by atoms with E-state index in [1.165, 1.54) is 0 Å². The van der Waals surface area contributed by atoms with Gasteiger partial charge >= 0.3 is 0 Å². The standard InChI is InChI=1S/C25H30ClN3O4/c26-23-9-5-4-8-22(23)25(31)29-14-17-33-21(19-29)18-28(11-10-27-12-15-32-16-13-27)24(30)20-6-2-1-3-7-20/h1-9,21H,10-19H2/t21-/m0/s1. The number of ether oxygens (including phenoxy) is 2. The van der Waals surface area contributed by atoms with E-state index >= 15 is 0 Å². The zero-order chi connectivity index (χ0) is 23.0. The molecule has 2 aromatic carbocycles. The van der Waals surface area contributed by atoms with Crippen LogP contribution in [0.3, 0.4) is 0 Å². The highest BCUT2D eigenvalue weighted by atomic mass is 35.5. The van der Waals surface area contributed by atoms with Gasteiger partial charge in [-0.3, -0.25) is 14.5 Å². The van der Waals surface area contributed by atoms with Crippen molar-refractivity contribution in [3.63, 3.8) is 0 Å². The predicted molar refractivity (Wildman–Crippen MR) is 127 cm³/mol. The van der Waals surface area contributed by atoms with Crippen LogP contribution in [0, 0.1) is 0 Å². The molecule has 2 aliphatic rings. The van der Waals surface area contributed by atoms with Crippen LogP contribution in [-0.4, -0.2) is 98.3 Å². The fraction of sp³-hybridized carbons (Fsp3) is 0.440. The third-order valence-electron chi connectivity index (χ3n) is 6.05. The van der Waals surface area contributed by atoms with Crippen molar-refractivity contribution < 1.29 is 19.1 Å². The molecule has 0 radical (unpaired) electrons. The number of hydrogen-bond donors (Lipinski definition) is 0. The molecule has 176 valence electrons. The number of rotatable bonds is 7. The zero-order valence-corrected chi connectivity index (χ0v) is 19.5. The number of amides is 2. The van der Waals surface area contributed by atoms with E-state index in [0.29, 0.717) is 48.9 Å². The van der Waals surface area contributed by atoms with E-state index in [2.05, 4.69) is 4.90 Å². The summed E-state index contributed by atoms with van der Waals surface area (Å²) in [6.45, 7) is 6.31. The molecule has 0 unspecified atom stereocenters. The average molecular weight is 472 g/mol. The molecule has 0 N–H and O–H groups in total. The topological polar surface area (TPSA) is 62.3 Å². The van der Waals surface area contributed by atoms with Crippen LogP contribution >= 0.6 is 11.6 Å². The molecule has 2 fully saturated rings. The lowest BCUT2D eigenvalue weighted by atomic mass is 10.1. The van der Waals surface area contributed by atoms with Crippen LogP contribution in [0.4, 0.5) is 0 Å². The van der Waals surface area contributed by atoms with Crippen LogP contribution in [0.5, 0.6) is 0 Å². The summed E-state index contributed by atoms with van der Waals surface area (Å²) < 4.78 is 11.4. The van der Waals surface area contributed by atoms with Crippen molar-refractivity contribution in [1.29, 1.82) is 0 Å². The molecule has 4 rings (SSSR count). The Morgan fingerprint density at radius 1 is 0.970 bits per heavy atom. The maximum absolute atomic E-state index is 13.3. The molecule has 33 heavy (non-hydrogen) atoms. The van der Waals surface area contributed by atoms with Crippen LogP contribution in [0.2, 0.25) is 5.02 Å². The quantitative estimate of drug-likeness (QED) is 0.621. The van der Waals surface area contributed by atoms with E-state index in [1.54, 1.807) is 17.0 Å². The Morgan fingerprint density at radius 2 is 1.70 bits per heavy atom. The van der Waals surface area contributed by atoms with Gasteiger partial charge < -0.3 is 19.3 Å². The van der Waals surface area contributed by atoms with Gasteiger partial charge in [0.25, 0.3) is 11.8 Å². The Balaban J connectivity index is 1.43. The number of benzene rings is 2. The normalized spacial score (nSPS) is 19.3. The maximum Gasteiger partial charge on any atom is 0.255 e. The fourth-order valence-electron chi connectivity index (χ4n) is 4.19. The Kier molecular flexibility index (Phi) is 8.34. The van der Waals surface area contributed by atoms with Gasteiger partial charge in [0, 0.05) is 51.4 Å². The summed E-state index contributed by atoms with van der Waals surface area (Å²) >= 11 is 6.24. The molecule has 0 aliphatic carbocycles. The van der Waals surface area contributed by atoms with Gasteiger partial charge in [-0.05, 0) is 24.3 Å². The molecule has 7 nitrogen and oxygen atoms in total. The summed E-state index contributed by atoms with van der Waals surface area (Å²) in [5.74, 6) is -0.134. The molecular weight excluding hydrogens is 442 g/mol. The number of carbonyl (C=O) groups is 2. The van der Waals surface area contributed by atoms with Crippen LogP contribution in [0.25, 0.3) is 0 Å². The van der Waals surface area contributed by atoms with E-state index in [0.717, 1.165) is 32.8 Å². The van der Waals surface area contributed by atoms with Gasteiger partial charge in [-0.15, -0.1) is 0 Å². The second-order valence-corrected chi connectivity index (χ2v) is 8.70. The summed E-state index contributed by atoms with van der Waals surface area (Å²) in [6, 6.07) is 16.4. The van der Waals surface area contributed by atoms with Crippen LogP contribution in [0.15, 0.2) is 54.6 Å². The lowest BCUT2D eigenvalue weighted by Crippen LogP contribution is -2.52. The maximum atomic E-state index is 13.3. The first kappa shape index (κ1) is 23.7. The highest BCUT2D eigenvalue weighted by molar-refractivity contribution is 6.33. The fourth-order valence-corrected chi connectivity index (χ4v) is 4.41. The van der Waals surface area contributed by atoms with Gasteiger partial charge in [0.2, 0.25) is 0 Å². The summed E-state index contributed by atoms with van der Waals surface area (Å²) in [6.07, 6.45) is -0.262. The van der Waals surface area contributed by atoms with E-state index in [1.807, 2.05) is 47.4 Å². The second-order valence-electron chi connectivity index (χ2n) is 8.30. The van der Waals surface area contributed by atoms with Crippen molar-refractivity contribution in [1.82, 2.24) is 14.7 Å². The number of morpholine rings is 2. The van der Waals surface area contributed by atoms with Gasteiger partial charge in [0.1, 0.15) is 0 Å². The third kappa shape index (κ3) is 6.32. The molecule has 2 heterocycles. The van der Waals surface area contributed by atoms with Crippen LogP contribution in [0.1, 0.15) is 20.7 Å². The Hall–Kier alpha value is -2.45. The monoisotopic (exact) mass is 471 g/mol. The SMILES string of the molecule is O=C(c1ccccc1)N(CCN1CCOCC1)C[C@H]1CN(C(=O)c2ccccc2Cl)CCO1. The lowest BCUT2D eigenvalue weighted by molar-refractivity contribution is -0.0346. The van der Waals surface area contributed by atoms with Gasteiger partial charge in [0.05, 0.1) is 36.5 Å². The average Bonchev–Trinajstić information content (AvgIpc) is 2.87. The van der Waals surface area contributed by atoms with E-state index in [-0.39, 0.29) is 17.9 Å². The van der Waals surface area contributed by atoms with Gasteiger partial charge in [0.15, 0.2) is 0 Å². The van der Waals surface area contributed by atoms with Crippen molar-refractivity contribution in [3.05, 3.63) is 70.7 Å². The van der Waals surface area contributed by atoms with Crippen molar-refractivity contribution in [3.8, 4) is 0 Å². The molecule has 0 bridgehead atoms. The first-order valence-corrected chi connectivity index (χ1v) is 11.8. The largest absolute Gasteiger partial charge is 0.379 e. The summed E-state index contributed by atoms with van der Waals surface area (Å²) in [5, 5.41) is 0.442. The van der Waals surface area contributed by atoms with Gasteiger partial charge in [-0.1, -0.05) is 41.9 Å². The smallest absolute Gasteiger partial charge is 0.255 e. The summed E-state index contributed by atoms with van der Waals surface area (Å²) in [7, 11) is 0. The molecular formula is C25H30ClN3O4. The highest BCUT2D eigenvalue weighted by Crippen LogP contribution is 2.19. The Labute approximate surface area is 199 Å². The van der Waals surface area contributed by atoms with Crippen LogP contribution < -0.4 is 0 Å². The molecule has 0 saturated carbocycles. The molecule has 1 atom stereocenters. The molecule has 2 aliphatic heterocycles. The van der Waals surface area contributed by atoms with Crippen molar-refractivity contribution in [2.75, 3.05) is 65.6 Å². The van der Waals surface area contributed by atoms with Gasteiger partial charge in [-0.25, -0.2) is 0 Å². The summed E-state index contributed by atoms with van der Waals surface area (Å²) in [4.78, 5) is 32.3. The van der Waals surface area contributed by atoms with Crippen molar-refractivity contribution in [2.24, 2.45) is 0 Å². The molecule has 2 aromatic rings. The van der Waals surface area contributed by atoms with Crippen LogP contribution in [-0.2, 0) is 9.47 Å². The molecule has 2 saturated heterocycles. The first-order chi connectivity index (χ1) is 16.1. The minimum absolute atomic E-state index is 0.0259. The van der Waals surface area contributed by atoms with E-state index in [4.69, 9.17) is 21.1 Å². The Morgan fingerprint density at radius 3 is 2.45 bits per heavy atom. The minimum atomic E-state index is -0.262. The highest BCUT2D eigenvalue weighted by Gasteiger charge is 2.29. The zero-order valence-electron chi connectivity index (χ0n) is 18.7. The van der Waals surface area contributed by atoms with Crippen molar-refractivity contribution >= 4 is 23.4 Å². The number of halogens is 1. The number of hydrogen-bond acceptors (Lipinski definition) is 5. The number of nitrogens with zero attached hydrogens (tertiary/aromatic N) is 3. The summed E-state index contributed by atoms with van der Waals surface area (Å²) in [5.41, 5.74) is 1.14.